The normalized spacial score (nSPS) is 23.1. The van der Waals surface area contributed by atoms with E-state index in [1.54, 1.807) is 0 Å². The van der Waals surface area contributed by atoms with Gasteiger partial charge in [-0.15, -0.1) is 0 Å². The molecule has 2 N–H and O–H groups in total. The Morgan fingerprint density at radius 2 is 2.14 bits per heavy atom. The number of guanidine groups is 1. The van der Waals surface area contributed by atoms with Gasteiger partial charge >= 0.3 is 0 Å². The zero-order valence-corrected chi connectivity index (χ0v) is 13.4. The summed E-state index contributed by atoms with van der Waals surface area (Å²) in [6.45, 7) is 7.31. The van der Waals surface area contributed by atoms with E-state index >= 15 is 0 Å². The number of hydrogen-bond donors (Lipinski definition) is 2. The smallest absolute Gasteiger partial charge is 0.191 e. The average molecular weight is 297 g/mol. The van der Waals surface area contributed by atoms with Gasteiger partial charge in [-0.05, 0) is 44.9 Å². The second-order valence-electron chi connectivity index (χ2n) is 6.01. The van der Waals surface area contributed by atoms with Crippen LogP contribution < -0.4 is 10.6 Å². The molecule has 1 saturated carbocycles. The lowest BCUT2D eigenvalue weighted by atomic mass is 9.86. The molecule has 2 fully saturated rings. The lowest BCUT2D eigenvalue weighted by molar-refractivity contribution is 0.0168. The van der Waals surface area contributed by atoms with Crippen molar-refractivity contribution in [1.29, 1.82) is 0 Å². The zero-order valence-electron chi connectivity index (χ0n) is 13.4. The van der Waals surface area contributed by atoms with E-state index in [0.717, 1.165) is 64.2 Å². The Labute approximate surface area is 128 Å². The molecule has 5 nitrogen and oxygen atoms in total. The molecule has 0 spiro atoms. The SMILES string of the molecule is CCNC(=NCC1CCC1)NCCCOC[C@@H]1CCCO1. The van der Waals surface area contributed by atoms with E-state index in [9.17, 15) is 0 Å². The van der Waals surface area contributed by atoms with Crippen molar-refractivity contribution >= 4 is 5.96 Å². The molecule has 1 atom stereocenters. The molecule has 122 valence electrons. The minimum absolute atomic E-state index is 0.333. The highest BCUT2D eigenvalue weighted by atomic mass is 16.5. The number of nitrogens with one attached hydrogen (secondary N) is 2. The van der Waals surface area contributed by atoms with Crippen molar-refractivity contribution in [3.63, 3.8) is 0 Å². The minimum Gasteiger partial charge on any atom is -0.379 e. The van der Waals surface area contributed by atoms with Crippen LogP contribution in [0.3, 0.4) is 0 Å². The highest BCUT2D eigenvalue weighted by molar-refractivity contribution is 5.79. The van der Waals surface area contributed by atoms with E-state index < -0.39 is 0 Å². The molecule has 21 heavy (non-hydrogen) atoms. The first-order valence-corrected chi connectivity index (χ1v) is 8.60. The van der Waals surface area contributed by atoms with Crippen molar-refractivity contribution in [2.24, 2.45) is 10.9 Å². The molecule has 2 rings (SSSR count). The summed E-state index contributed by atoms with van der Waals surface area (Å²) in [5, 5.41) is 6.68. The predicted molar refractivity (Wildman–Crippen MR) is 85.7 cm³/mol. The average Bonchev–Trinajstić information content (AvgIpc) is 2.94. The van der Waals surface area contributed by atoms with Crippen molar-refractivity contribution in [3.8, 4) is 0 Å². The van der Waals surface area contributed by atoms with Crippen LogP contribution in [-0.4, -0.2) is 51.5 Å². The van der Waals surface area contributed by atoms with Crippen molar-refractivity contribution in [1.82, 2.24) is 10.6 Å². The number of rotatable bonds is 9. The summed E-state index contributed by atoms with van der Waals surface area (Å²) < 4.78 is 11.2. The first-order chi connectivity index (χ1) is 10.4. The van der Waals surface area contributed by atoms with Gasteiger partial charge in [0.1, 0.15) is 0 Å². The molecule has 0 radical (unpaired) electrons. The largest absolute Gasteiger partial charge is 0.379 e. The summed E-state index contributed by atoms with van der Waals surface area (Å²) in [6, 6.07) is 0. The van der Waals surface area contributed by atoms with Gasteiger partial charge in [0.15, 0.2) is 5.96 Å². The maximum Gasteiger partial charge on any atom is 0.191 e. The predicted octanol–water partition coefficient (Wildman–Crippen LogP) is 1.93. The summed E-state index contributed by atoms with van der Waals surface area (Å²) in [6.07, 6.45) is 7.74. The van der Waals surface area contributed by atoms with E-state index in [-0.39, 0.29) is 0 Å². The fourth-order valence-corrected chi connectivity index (χ4v) is 2.61. The number of hydrogen-bond acceptors (Lipinski definition) is 3. The van der Waals surface area contributed by atoms with Gasteiger partial charge in [0.2, 0.25) is 0 Å². The summed E-state index contributed by atoms with van der Waals surface area (Å²) in [4.78, 5) is 4.65. The van der Waals surface area contributed by atoms with E-state index in [4.69, 9.17) is 9.47 Å². The Balaban J connectivity index is 1.49. The number of aliphatic imine (C=N–C) groups is 1. The molecule has 0 unspecified atom stereocenters. The van der Waals surface area contributed by atoms with Crippen LogP contribution in [0.25, 0.3) is 0 Å². The summed E-state index contributed by atoms with van der Waals surface area (Å²) in [5.74, 6) is 1.76. The van der Waals surface area contributed by atoms with Crippen LogP contribution in [0.2, 0.25) is 0 Å². The second kappa shape index (κ2) is 10.0. The van der Waals surface area contributed by atoms with E-state index in [1.165, 1.54) is 25.7 Å². The van der Waals surface area contributed by atoms with Crippen LogP contribution in [0.1, 0.15) is 45.4 Å². The molecular weight excluding hydrogens is 266 g/mol. The van der Waals surface area contributed by atoms with Gasteiger partial charge in [0, 0.05) is 32.8 Å². The second-order valence-corrected chi connectivity index (χ2v) is 6.01. The first-order valence-electron chi connectivity index (χ1n) is 8.60. The van der Waals surface area contributed by atoms with Crippen LogP contribution in [-0.2, 0) is 9.47 Å². The lowest BCUT2D eigenvalue weighted by Gasteiger charge is -2.23. The molecule has 2 aliphatic rings. The van der Waals surface area contributed by atoms with Crippen LogP contribution in [0.15, 0.2) is 4.99 Å². The quantitative estimate of drug-likeness (QED) is 0.388. The zero-order chi connectivity index (χ0) is 14.8. The van der Waals surface area contributed by atoms with Crippen LogP contribution >= 0.6 is 0 Å². The topological polar surface area (TPSA) is 54.9 Å². The van der Waals surface area contributed by atoms with Crippen LogP contribution in [0.5, 0.6) is 0 Å². The van der Waals surface area contributed by atoms with Crippen molar-refractivity contribution in [3.05, 3.63) is 0 Å². The van der Waals surface area contributed by atoms with Gasteiger partial charge in [0.25, 0.3) is 0 Å². The lowest BCUT2D eigenvalue weighted by Crippen LogP contribution is -2.38. The Bertz CT molecular complexity index is 300. The van der Waals surface area contributed by atoms with Gasteiger partial charge in [0.05, 0.1) is 12.7 Å². The Kier molecular flexibility index (Phi) is 7.89. The molecule has 1 heterocycles. The molecule has 0 bridgehead atoms. The van der Waals surface area contributed by atoms with E-state index in [1.807, 2.05) is 0 Å². The van der Waals surface area contributed by atoms with Gasteiger partial charge in [-0.3, -0.25) is 4.99 Å². The van der Waals surface area contributed by atoms with Crippen molar-refractivity contribution < 1.29 is 9.47 Å². The van der Waals surface area contributed by atoms with Gasteiger partial charge in [-0.1, -0.05) is 6.42 Å². The summed E-state index contributed by atoms with van der Waals surface area (Å²) in [7, 11) is 0. The Hall–Kier alpha value is -0.810. The van der Waals surface area contributed by atoms with Gasteiger partial charge < -0.3 is 20.1 Å². The van der Waals surface area contributed by atoms with Gasteiger partial charge in [-0.25, -0.2) is 0 Å². The summed E-state index contributed by atoms with van der Waals surface area (Å²) in [5.41, 5.74) is 0. The molecule has 1 aliphatic carbocycles. The molecule has 0 aromatic carbocycles. The number of ether oxygens (including phenoxy) is 2. The highest BCUT2D eigenvalue weighted by Gasteiger charge is 2.17. The molecular formula is C16H31N3O2. The third-order valence-corrected chi connectivity index (χ3v) is 4.16. The van der Waals surface area contributed by atoms with Gasteiger partial charge in [-0.2, -0.15) is 0 Å². The molecule has 0 aromatic heterocycles. The highest BCUT2D eigenvalue weighted by Crippen LogP contribution is 2.26. The van der Waals surface area contributed by atoms with Crippen molar-refractivity contribution in [2.75, 3.05) is 39.5 Å². The van der Waals surface area contributed by atoms with Crippen molar-refractivity contribution in [2.45, 2.75) is 51.6 Å². The van der Waals surface area contributed by atoms with Crippen LogP contribution in [0, 0.1) is 5.92 Å². The van der Waals surface area contributed by atoms with E-state index in [0.29, 0.717) is 6.10 Å². The summed E-state index contributed by atoms with van der Waals surface area (Å²) >= 11 is 0. The first kappa shape index (κ1) is 16.6. The third-order valence-electron chi connectivity index (χ3n) is 4.16. The number of nitrogens with zero attached hydrogens (tertiary/aromatic N) is 1. The standard InChI is InChI=1S/C16H31N3O2/c1-2-17-16(19-12-14-6-3-7-14)18-9-5-10-20-13-15-8-4-11-21-15/h14-15H,2-13H2,1H3,(H2,17,18,19)/t15-/m0/s1. The maximum atomic E-state index is 5.66. The minimum atomic E-state index is 0.333. The monoisotopic (exact) mass is 297 g/mol. The molecule has 0 aromatic rings. The molecule has 1 saturated heterocycles. The molecule has 0 amide bonds. The molecule has 1 aliphatic heterocycles. The Morgan fingerprint density at radius 3 is 2.81 bits per heavy atom. The Morgan fingerprint density at radius 1 is 1.24 bits per heavy atom. The third kappa shape index (κ3) is 6.66. The van der Waals surface area contributed by atoms with E-state index in [2.05, 4.69) is 22.5 Å². The maximum absolute atomic E-state index is 5.66. The fourth-order valence-electron chi connectivity index (χ4n) is 2.61. The fraction of sp³-hybridized carbons (Fsp3) is 0.938. The molecule has 5 heteroatoms. The van der Waals surface area contributed by atoms with Crippen LogP contribution in [0.4, 0.5) is 0 Å².